The number of hydrogen-bond donors (Lipinski definition) is 2. The van der Waals surface area contributed by atoms with Crippen LogP contribution < -0.4 is 10.9 Å². The second-order valence-electron chi connectivity index (χ2n) is 8.63. The number of aromatic nitrogens is 3. The van der Waals surface area contributed by atoms with Crippen LogP contribution in [0.1, 0.15) is 48.4 Å². The summed E-state index contributed by atoms with van der Waals surface area (Å²) in [7, 11) is 0. The second-order valence-corrected chi connectivity index (χ2v) is 8.63. The SMILES string of the molecule is CCC1CNNC1C1CCN(Cc2cc(Cn3cncn3)c(C)cc2C)CC1. The van der Waals surface area contributed by atoms with Gasteiger partial charge in [0.1, 0.15) is 12.7 Å². The molecule has 152 valence electrons. The van der Waals surface area contributed by atoms with Crippen molar-refractivity contribution in [2.45, 2.75) is 59.2 Å². The summed E-state index contributed by atoms with van der Waals surface area (Å²) < 4.78 is 1.90. The van der Waals surface area contributed by atoms with Crippen molar-refractivity contribution in [3.05, 3.63) is 47.0 Å². The van der Waals surface area contributed by atoms with Crippen LogP contribution in [0.25, 0.3) is 0 Å². The molecule has 0 aliphatic carbocycles. The highest BCUT2D eigenvalue weighted by atomic mass is 15.4. The van der Waals surface area contributed by atoms with E-state index in [-0.39, 0.29) is 0 Å². The fourth-order valence-corrected chi connectivity index (χ4v) is 4.94. The molecule has 0 saturated carbocycles. The van der Waals surface area contributed by atoms with Gasteiger partial charge in [-0.2, -0.15) is 5.10 Å². The molecule has 0 radical (unpaired) electrons. The molecule has 0 bridgehead atoms. The van der Waals surface area contributed by atoms with Gasteiger partial charge in [0, 0.05) is 19.1 Å². The molecule has 1 aromatic carbocycles. The van der Waals surface area contributed by atoms with E-state index < -0.39 is 0 Å². The number of piperidine rings is 1. The second kappa shape index (κ2) is 8.72. The van der Waals surface area contributed by atoms with E-state index in [0.29, 0.717) is 6.04 Å². The van der Waals surface area contributed by atoms with Gasteiger partial charge >= 0.3 is 0 Å². The van der Waals surface area contributed by atoms with Crippen LogP contribution in [0.5, 0.6) is 0 Å². The van der Waals surface area contributed by atoms with Gasteiger partial charge < -0.3 is 0 Å². The Labute approximate surface area is 168 Å². The minimum Gasteiger partial charge on any atom is -0.299 e. The summed E-state index contributed by atoms with van der Waals surface area (Å²) in [5.74, 6) is 1.59. The molecule has 6 nitrogen and oxygen atoms in total. The standard InChI is InChI=1S/C22H34N6/c1-4-18-11-24-26-22(18)19-5-7-27(8-6-19)12-20-10-21(17(3)9-16(20)2)13-28-15-23-14-25-28/h9-10,14-15,18-19,22,24,26H,4-8,11-13H2,1-3H3. The summed E-state index contributed by atoms with van der Waals surface area (Å²) in [5, 5.41) is 4.26. The quantitative estimate of drug-likeness (QED) is 0.804. The molecule has 3 heterocycles. The first-order valence-corrected chi connectivity index (χ1v) is 10.8. The van der Waals surface area contributed by atoms with Crippen molar-refractivity contribution in [2.75, 3.05) is 19.6 Å². The van der Waals surface area contributed by atoms with Gasteiger partial charge in [-0.15, -0.1) is 0 Å². The lowest BCUT2D eigenvalue weighted by Gasteiger charge is -2.36. The molecule has 2 aliphatic heterocycles. The van der Waals surface area contributed by atoms with E-state index in [1.165, 1.54) is 54.6 Å². The van der Waals surface area contributed by atoms with Crippen LogP contribution in [-0.4, -0.2) is 45.3 Å². The zero-order valence-corrected chi connectivity index (χ0v) is 17.5. The van der Waals surface area contributed by atoms with Crippen molar-refractivity contribution in [2.24, 2.45) is 11.8 Å². The van der Waals surface area contributed by atoms with Crippen molar-refractivity contribution >= 4 is 0 Å². The average Bonchev–Trinajstić information content (AvgIpc) is 3.38. The molecule has 6 heteroatoms. The lowest BCUT2D eigenvalue weighted by Crippen LogP contribution is -2.44. The van der Waals surface area contributed by atoms with Gasteiger partial charge in [0.05, 0.1) is 6.54 Å². The zero-order valence-electron chi connectivity index (χ0n) is 17.5. The number of hydrazine groups is 1. The molecule has 2 N–H and O–H groups in total. The molecule has 2 aliphatic rings. The van der Waals surface area contributed by atoms with Crippen LogP contribution in [0.2, 0.25) is 0 Å². The number of aryl methyl sites for hydroxylation is 2. The third kappa shape index (κ3) is 4.29. The molecule has 2 atom stereocenters. The number of benzene rings is 1. The van der Waals surface area contributed by atoms with E-state index in [2.05, 4.69) is 58.7 Å². The van der Waals surface area contributed by atoms with Crippen molar-refractivity contribution < 1.29 is 0 Å². The van der Waals surface area contributed by atoms with Gasteiger partial charge in [0.2, 0.25) is 0 Å². The Hall–Kier alpha value is -1.76. The van der Waals surface area contributed by atoms with Crippen molar-refractivity contribution in [3.8, 4) is 0 Å². The van der Waals surface area contributed by atoms with Gasteiger partial charge in [-0.3, -0.25) is 15.8 Å². The summed E-state index contributed by atoms with van der Waals surface area (Å²) in [6.45, 7) is 12.1. The van der Waals surface area contributed by atoms with E-state index in [0.717, 1.165) is 31.5 Å². The Morgan fingerprint density at radius 2 is 1.82 bits per heavy atom. The lowest BCUT2D eigenvalue weighted by atomic mass is 9.82. The van der Waals surface area contributed by atoms with Gasteiger partial charge in [-0.05, 0) is 73.9 Å². The van der Waals surface area contributed by atoms with Gasteiger partial charge in [0.15, 0.2) is 0 Å². The summed E-state index contributed by atoms with van der Waals surface area (Å²) in [5.41, 5.74) is 12.5. The van der Waals surface area contributed by atoms with Crippen LogP contribution in [-0.2, 0) is 13.1 Å². The molecule has 28 heavy (non-hydrogen) atoms. The van der Waals surface area contributed by atoms with Crippen LogP contribution in [0, 0.1) is 25.7 Å². The van der Waals surface area contributed by atoms with Gasteiger partial charge in [0.25, 0.3) is 0 Å². The Morgan fingerprint density at radius 1 is 1.07 bits per heavy atom. The van der Waals surface area contributed by atoms with Gasteiger partial charge in [-0.25, -0.2) is 9.67 Å². The Bertz CT molecular complexity index is 764. The minimum atomic E-state index is 0.655. The summed E-state index contributed by atoms with van der Waals surface area (Å²) in [4.78, 5) is 6.70. The van der Waals surface area contributed by atoms with Crippen molar-refractivity contribution in [3.63, 3.8) is 0 Å². The normalized spacial score (nSPS) is 24.1. The minimum absolute atomic E-state index is 0.655. The summed E-state index contributed by atoms with van der Waals surface area (Å²) in [6, 6.07) is 5.37. The predicted molar refractivity (Wildman–Crippen MR) is 112 cm³/mol. The Morgan fingerprint density at radius 3 is 2.50 bits per heavy atom. The van der Waals surface area contributed by atoms with E-state index in [9.17, 15) is 0 Å². The lowest BCUT2D eigenvalue weighted by molar-refractivity contribution is 0.143. The van der Waals surface area contributed by atoms with Crippen LogP contribution >= 0.6 is 0 Å². The molecular formula is C22H34N6. The number of likely N-dealkylation sites (tertiary alicyclic amines) is 1. The fourth-order valence-electron chi connectivity index (χ4n) is 4.94. The molecule has 4 rings (SSSR count). The van der Waals surface area contributed by atoms with Crippen molar-refractivity contribution in [1.82, 2.24) is 30.5 Å². The largest absolute Gasteiger partial charge is 0.299 e. The van der Waals surface area contributed by atoms with Crippen molar-refractivity contribution in [1.29, 1.82) is 0 Å². The number of nitrogens with zero attached hydrogens (tertiary/aromatic N) is 4. The third-order valence-corrected chi connectivity index (χ3v) is 6.79. The zero-order chi connectivity index (χ0) is 19.5. The van der Waals surface area contributed by atoms with E-state index in [1.807, 2.05) is 4.68 Å². The highest BCUT2D eigenvalue weighted by molar-refractivity contribution is 5.37. The average molecular weight is 383 g/mol. The summed E-state index contributed by atoms with van der Waals surface area (Å²) >= 11 is 0. The molecule has 0 amide bonds. The topological polar surface area (TPSA) is 58.0 Å². The molecule has 0 spiro atoms. The smallest absolute Gasteiger partial charge is 0.137 e. The van der Waals surface area contributed by atoms with Crippen LogP contribution in [0.4, 0.5) is 0 Å². The summed E-state index contributed by atoms with van der Waals surface area (Å²) in [6.07, 6.45) is 7.26. The number of hydrogen-bond acceptors (Lipinski definition) is 5. The molecule has 2 fully saturated rings. The Balaban J connectivity index is 1.38. The highest BCUT2D eigenvalue weighted by Crippen LogP contribution is 2.29. The monoisotopic (exact) mass is 382 g/mol. The highest BCUT2D eigenvalue weighted by Gasteiger charge is 2.34. The molecular weight excluding hydrogens is 348 g/mol. The molecule has 1 aromatic heterocycles. The van der Waals surface area contributed by atoms with E-state index in [4.69, 9.17) is 0 Å². The third-order valence-electron chi connectivity index (χ3n) is 6.79. The van der Waals surface area contributed by atoms with Gasteiger partial charge in [-0.1, -0.05) is 25.5 Å². The first-order valence-electron chi connectivity index (χ1n) is 10.8. The molecule has 2 unspecified atom stereocenters. The Kier molecular flexibility index (Phi) is 6.09. The maximum Gasteiger partial charge on any atom is 0.137 e. The van der Waals surface area contributed by atoms with Crippen LogP contribution in [0.15, 0.2) is 24.8 Å². The molecule has 2 aromatic rings. The first-order chi connectivity index (χ1) is 13.6. The van der Waals surface area contributed by atoms with Crippen LogP contribution in [0.3, 0.4) is 0 Å². The number of nitrogens with one attached hydrogen (secondary N) is 2. The predicted octanol–water partition coefficient (Wildman–Crippen LogP) is 2.66. The maximum absolute atomic E-state index is 4.26. The molecule has 2 saturated heterocycles. The van der Waals surface area contributed by atoms with E-state index >= 15 is 0 Å². The maximum atomic E-state index is 4.26. The number of rotatable bonds is 6. The first kappa shape index (κ1) is 19.6. The fraction of sp³-hybridized carbons (Fsp3) is 0.636. The van der Waals surface area contributed by atoms with E-state index in [1.54, 1.807) is 12.7 Å².